The fourth-order valence-corrected chi connectivity index (χ4v) is 7.40. The number of ether oxygens (including phenoxy) is 2. The molecule has 0 aromatic heterocycles. The summed E-state index contributed by atoms with van der Waals surface area (Å²) in [6, 6.07) is 4.76. The van der Waals surface area contributed by atoms with Crippen molar-refractivity contribution in [3.63, 3.8) is 0 Å². The van der Waals surface area contributed by atoms with E-state index in [2.05, 4.69) is 30.9 Å². The Hall–Kier alpha value is -1.10. The number of likely N-dealkylation sites (tertiary alicyclic amines) is 1. The molecule has 5 atom stereocenters. The van der Waals surface area contributed by atoms with E-state index in [9.17, 15) is 5.11 Å². The van der Waals surface area contributed by atoms with Gasteiger partial charge in [0.1, 0.15) is 11.9 Å². The van der Waals surface area contributed by atoms with Crippen LogP contribution in [0.15, 0.2) is 12.1 Å². The minimum Gasteiger partial charge on any atom is -0.486 e. The molecule has 3 aliphatic carbocycles. The van der Waals surface area contributed by atoms with Gasteiger partial charge in [-0.2, -0.15) is 0 Å². The second-order valence-electron chi connectivity index (χ2n) is 10.4. The smallest absolute Gasteiger partial charge is 0.137 e. The number of aliphatic hydroxyl groups is 1. The molecule has 0 amide bonds. The molecule has 3 fully saturated rings. The van der Waals surface area contributed by atoms with Crippen LogP contribution in [0.2, 0.25) is 0 Å². The molecule has 1 unspecified atom stereocenters. The van der Waals surface area contributed by atoms with E-state index in [1.54, 1.807) is 0 Å². The number of rotatable bonds is 5. The third-order valence-electron chi connectivity index (χ3n) is 8.99. The summed E-state index contributed by atoms with van der Waals surface area (Å²) in [5, 5.41) is 12.4. The van der Waals surface area contributed by atoms with Gasteiger partial charge in [0.2, 0.25) is 0 Å². The van der Waals surface area contributed by atoms with Gasteiger partial charge in [-0.15, -0.1) is 0 Å². The summed E-state index contributed by atoms with van der Waals surface area (Å²) < 4.78 is 13.1. The Morgan fingerprint density at radius 2 is 2.10 bits per heavy atom. The third kappa shape index (κ3) is 2.31. The zero-order valence-electron chi connectivity index (χ0n) is 18.0. The predicted molar refractivity (Wildman–Crippen MR) is 113 cm³/mol. The molecule has 4 nitrogen and oxygen atoms in total. The highest BCUT2D eigenvalue weighted by molar-refractivity contribution is 5.60. The lowest BCUT2D eigenvalue weighted by atomic mass is 9.48. The van der Waals surface area contributed by atoms with Crippen LogP contribution in [0.5, 0.6) is 5.75 Å². The SMILES string of the molecule is CCCO[C@H]1CC[C@@]2(O)[C@H]3Cc4ccc(C)c5c4[C@@]2(CCN3CC2CCC2)C1O5. The molecule has 0 radical (unpaired) electrons. The summed E-state index contributed by atoms with van der Waals surface area (Å²) in [4.78, 5) is 2.65. The first-order valence-corrected chi connectivity index (χ1v) is 12.0. The molecule has 5 aliphatic rings. The van der Waals surface area contributed by atoms with Gasteiger partial charge >= 0.3 is 0 Å². The van der Waals surface area contributed by atoms with Crippen molar-refractivity contribution in [3.8, 4) is 5.75 Å². The van der Waals surface area contributed by atoms with Crippen molar-refractivity contribution in [2.75, 3.05) is 19.7 Å². The Kier molecular flexibility index (Phi) is 4.15. The van der Waals surface area contributed by atoms with Gasteiger partial charge in [-0.25, -0.2) is 0 Å². The lowest BCUT2D eigenvalue weighted by Crippen LogP contribution is -2.77. The van der Waals surface area contributed by atoms with E-state index >= 15 is 0 Å². The van der Waals surface area contributed by atoms with Crippen LogP contribution in [-0.4, -0.2) is 53.6 Å². The molecule has 158 valence electrons. The topological polar surface area (TPSA) is 41.9 Å². The van der Waals surface area contributed by atoms with E-state index in [0.717, 1.165) is 56.9 Å². The van der Waals surface area contributed by atoms with E-state index in [4.69, 9.17) is 9.47 Å². The number of piperidine rings is 1. The number of aryl methyl sites for hydroxylation is 1. The monoisotopic (exact) mass is 397 g/mol. The van der Waals surface area contributed by atoms with Crippen LogP contribution in [-0.2, 0) is 16.6 Å². The maximum absolute atomic E-state index is 12.4. The molecule has 6 rings (SSSR count). The Bertz CT molecular complexity index is 821. The molecule has 2 saturated carbocycles. The molecular weight excluding hydrogens is 362 g/mol. The van der Waals surface area contributed by atoms with Crippen LogP contribution < -0.4 is 4.74 Å². The summed E-state index contributed by atoms with van der Waals surface area (Å²) in [5.74, 6) is 1.89. The summed E-state index contributed by atoms with van der Waals surface area (Å²) in [5.41, 5.74) is 2.97. The Morgan fingerprint density at radius 3 is 2.86 bits per heavy atom. The van der Waals surface area contributed by atoms with Crippen LogP contribution in [0.4, 0.5) is 0 Å². The van der Waals surface area contributed by atoms with Gasteiger partial charge in [0.25, 0.3) is 0 Å². The highest BCUT2D eigenvalue weighted by Crippen LogP contribution is 2.64. The van der Waals surface area contributed by atoms with Gasteiger partial charge in [-0.05, 0) is 75.5 Å². The molecule has 1 aromatic carbocycles. The largest absolute Gasteiger partial charge is 0.486 e. The standard InChI is InChI=1S/C25H35NO3/c1-3-13-28-19-9-10-25(27)20-14-18-8-7-16(2)22-21(18)24(25,23(19)29-22)11-12-26(20)15-17-5-4-6-17/h7-8,17,19-20,23,27H,3-6,9-15H2,1-2H3/t19-,20+,23?,24-,25+/m0/s1. The third-order valence-corrected chi connectivity index (χ3v) is 8.99. The summed E-state index contributed by atoms with van der Waals surface area (Å²) >= 11 is 0. The minimum absolute atomic E-state index is 0.0451. The van der Waals surface area contributed by atoms with Crippen LogP contribution >= 0.6 is 0 Å². The minimum atomic E-state index is -0.697. The normalized spacial score (nSPS) is 40.3. The molecule has 2 heterocycles. The van der Waals surface area contributed by atoms with Gasteiger partial charge in [-0.3, -0.25) is 4.90 Å². The van der Waals surface area contributed by atoms with Crippen LogP contribution in [0.3, 0.4) is 0 Å². The van der Waals surface area contributed by atoms with Crippen molar-refractivity contribution in [1.29, 1.82) is 0 Å². The zero-order valence-corrected chi connectivity index (χ0v) is 18.0. The molecule has 1 saturated heterocycles. The lowest BCUT2D eigenvalue weighted by molar-refractivity contribution is -0.216. The van der Waals surface area contributed by atoms with Crippen LogP contribution in [0.1, 0.15) is 68.6 Å². The van der Waals surface area contributed by atoms with Crippen molar-refractivity contribution in [2.24, 2.45) is 5.92 Å². The first-order chi connectivity index (χ1) is 14.1. The second kappa shape index (κ2) is 6.45. The van der Waals surface area contributed by atoms with Crippen molar-refractivity contribution < 1.29 is 14.6 Å². The van der Waals surface area contributed by atoms with E-state index in [-0.39, 0.29) is 23.7 Å². The van der Waals surface area contributed by atoms with E-state index < -0.39 is 5.60 Å². The maximum atomic E-state index is 12.4. The molecular formula is C25H35NO3. The van der Waals surface area contributed by atoms with Gasteiger partial charge < -0.3 is 14.6 Å². The highest BCUT2D eigenvalue weighted by atomic mass is 16.5. The average Bonchev–Trinajstić information content (AvgIpc) is 3.03. The van der Waals surface area contributed by atoms with Crippen molar-refractivity contribution in [3.05, 3.63) is 28.8 Å². The second-order valence-corrected chi connectivity index (χ2v) is 10.4. The van der Waals surface area contributed by atoms with Crippen molar-refractivity contribution in [2.45, 2.75) is 94.5 Å². The van der Waals surface area contributed by atoms with Gasteiger partial charge in [0, 0.05) is 24.8 Å². The van der Waals surface area contributed by atoms with E-state index in [1.807, 2.05) is 0 Å². The first kappa shape index (κ1) is 18.7. The average molecular weight is 398 g/mol. The first-order valence-electron chi connectivity index (χ1n) is 12.0. The number of hydrogen-bond acceptors (Lipinski definition) is 4. The quantitative estimate of drug-likeness (QED) is 0.822. The van der Waals surface area contributed by atoms with Crippen LogP contribution in [0, 0.1) is 12.8 Å². The number of benzene rings is 1. The molecule has 2 bridgehead atoms. The molecule has 1 spiro atoms. The van der Waals surface area contributed by atoms with E-state index in [0.29, 0.717) is 0 Å². The lowest BCUT2D eigenvalue weighted by Gasteiger charge is -2.64. The highest BCUT2D eigenvalue weighted by Gasteiger charge is 2.72. The van der Waals surface area contributed by atoms with Gasteiger partial charge in [0.15, 0.2) is 0 Å². The molecule has 4 heteroatoms. The van der Waals surface area contributed by atoms with Gasteiger partial charge in [0.05, 0.1) is 17.1 Å². The fourth-order valence-electron chi connectivity index (χ4n) is 7.40. The number of nitrogens with zero attached hydrogens (tertiary/aromatic N) is 1. The Morgan fingerprint density at radius 1 is 1.24 bits per heavy atom. The molecule has 29 heavy (non-hydrogen) atoms. The molecule has 1 aromatic rings. The van der Waals surface area contributed by atoms with Gasteiger partial charge in [-0.1, -0.05) is 25.5 Å². The Balaban J connectivity index is 1.46. The number of hydrogen-bond donors (Lipinski definition) is 1. The van der Waals surface area contributed by atoms with Crippen LogP contribution in [0.25, 0.3) is 0 Å². The summed E-state index contributed by atoms with van der Waals surface area (Å²) in [6.45, 7) is 7.34. The summed E-state index contributed by atoms with van der Waals surface area (Å²) in [6.07, 6.45) is 8.88. The molecule has 2 aliphatic heterocycles. The van der Waals surface area contributed by atoms with Crippen molar-refractivity contribution >= 4 is 0 Å². The molecule has 1 N–H and O–H groups in total. The maximum Gasteiger partial charge on any atom is 0.137 e. The predicted octanol–water partition coefficient (Wildman–Crippen LogP) is 3.74. The Labute approximate surface area is 174 Å². The fraction of sp³-hybridized carbons (Fsp3) is 0.760. The van der Waals surface area contributed by atoms with E-state index in [1.165, 1.54) is 42.5 Å². The summed E-state index contributed by atoms with van der Waals surface area (Å²) in [7, 11) is 0. The van der Waals surface area contributed by atoms with Crippen molar-refractivity contribution in [1.82, 2.24) is 4.90 Å². The zero-order chi connectivity index (χ0) is 19.8.